The molecule has 2 aromatic heterocycles. The third-order valence-corrected chi connectivity index (χ3v) is 9.87. The number of hydrogen-bond donors (Lipinski definition) is 0. The molecule has 0 fully saturated rings. The molecule has 1 aliphatic heterocycles. The fourth-order valence-electron chi connectivity index (χ4n) is 5.82. The first kappa shape index (κ1) is 32.6. The van der Waals surface area contributed by atoms with Crippen molar-refractivity contribution < 1.29 is 14.3 Å². The number of rotatable bonds is 8. The Kier molecular flexibility index (Phi) is 9.28. The average molecular weight is 687 g/mol. The molecule has 0 N–H and O–H groups in total. The maximum atomic E-state index is 14.1. The molecule has 0 saturated carbocycles. The number of carbonyl (C=O) groups is 1. The first-order valence-electron chi connectivity index (χ1n) is 15.2. The van der Waals surface area contributed by atoms with Crippen LogP contribution in [0.3, 0.4) is 0 Å². The molecule has 0 spiro atoms. The van der Waals surface area contributed by atoms with Crippen LogP contribution >= 0.6 is 34.5 Å². The molecule has 6 rings (SSSR count). The number of halogens is 2. The zero-order chi connectivity index (χ0) is 33.4. The molecule has 0 radical (unpaired) electrons. The van der Waals surface area contributed by atoms with Crippen molar-refractivity contribution in [3.63, 3.8) is 0 Å². The Labute approximate surface area is 286 Å². The van der Waals surface area contributed by atoms with Crippen LogP contribution in [0.15, 0.2) is 93.9 Å². The summed E-state index contributed by atoms with van der Waals surface area (Å²) in [7, 11) is 0. The summed E-state index contributed by atoms with van der Waals surface area (Å²) in [6, 6.07) is 22.6. The van der Waals surface area contributed by atoms with Gasteiger partial charge in [-0.1, -0.05) is 70.4 Å². The lowest BCUT2D eigenvalue weighted by Crippen LogP contribution is -2.39. The second kappa shape index (κ2) is 13.4. The first-order chi connectivity index (χ1) is 22.5. The number of hydrogen-bond acceptors (Lipinski definition) is 6. The second-order valence-corrected chi connectivity index (χ2v) is 13.2. The van der Waals surface area contributed by atoms with Gasteiger partial charge < -0.3 is 14.0 Å². The predicted octanol–water partition coefficient (Wildman–Crippen LogP) is 7.40. The van der Waals surface area contributed by atoms with Gasteiger partial charge in [-0.25, -0.2) is 9.79 Å². The Bertz CT molecular complexity index is 2210. The lowest BCUT2D eigenvalue weighted by molar-refractivity contribution is -0.139. The Morgan fingerprint density at radius 2 is 1.68 bits per heavy atom. The number of benzene rings is 3. The summed E-state index contributed by atoms with van der Waals surface area (Å²) in [5.41, 5.74) is 7.43. The van der Waals surface area contributed by atoms with Gasteiger partial charge in [0.05, 0.1) is 38.5 Å². The second-order valence-electron chi connectivity index (χ2n) is 11.4. The molecular formula is C37H33Cl2N3O4S. The van der Waals surface area contributed by atoms with Crippen LogP contribution in [0.4, 0.5) is 0 Å². The SMILES string of the molecule is CCOC(=O)C1=C(C)N=c2s/c(=C\c3cc(C)n(-c4ccc(OCc5ccc(Cl)c(Cl)c5)cc4)c3C)c(=O)n2[C@H]1c1ccc(C)cc1. The Morgan fingerprint density at radius 1 is 0.957 bits per heavy atom. The van der Waals surface area contributed by atoms with Crippen molar-refractivity contribution in [1.82, 2.24) is 9.13 Å². The normalized spacial score (nSPS) is 14.6. The summed E-state index contributed by atoms with van der Waals surface area (Å²) in [6.45, 7) is 10.2. The van der Waals surface area contributed by atoms with Gasteiger partial charge >= 0.3 is 5.97 Å². The summed E-state index contributed by atoms with van der Waals surface area (Å²) >= 11 is 13.5. The maximum absolute atomic E-state index is 14.1. The van der Waals surface area contributed by atoms with Crippen LogP contribution in [0, 0.1) is 20.8 Å². The van der Waals surface area contributed by atoms with E-state index in [0.29, 0.717) is 37.3 Å². The van der Waals surface area contributed by atoms with Gasteiger partial charge in [-0.05, 0) is 99.8 Å². The van der Waals surface area contributed by atoms with Crippen LogP contribution < -0.4 is 19.6 Å². The topological polar surface area (TPSA) is 74.8 Å². The standard InChI is InChI=1S/C37H33Cl2N3O4S/c1-6-45-36(44)33-23(4)40-37-42(34(33)26-10-7-21(2)8-11-26)35(43)32(47-37)19-27-17-22(3)41(24(27)5)28-12-14-29(15-13-28)46-20-25-9-16-30(38)31(39)18-25/h7-19,34H,6,20H2,1-5H3/b32-19-/t34-/m0/s1. The molecule has 0 unspecified atom stereocenters. The van der Waals surface area contributed by atoms with E-state index in [2.05, 4.69) is 10.6 Å². The summed E-state index contributed by atoms with van der Waals surface area (Å²) in [4.78, 5) is 32.5. The van der Waals surface area contributed by atoms with Crippen LogP contribution in [0.5, 0.6) is 5.75 Å². The lowest BCUT2D eigenvalue weighted by atomic mass is 9.95. The quantitative estimate of drug-likeness (QED) is 0.160. The van der Waals surface area contributed by atoms with Crippen molar-refractivity contribution in [2.75, 3.05) is 6.61 Å². The van der Waals surface area contributed by atoms with Crippen LogP contribution in [-0.2, 0) is 16.1 Å². The van der Waals surface area contributed by atoms with E-state index in [4.69, 9.17) is 37.7 Å². The fraction of sp³-hybridized carbons (Fsp3) is 0.216. The molecule has 47 heavy (non-hydrogen) atoms. The molecule has 240 valence electrons. The van der Waals surface area contributed by atoms with E-state index in [0.717, 1.165) is 45.1 Å². The van der Waals surface area contributed by atoms with Crippen molar-refractivity contribution >= 4 is 46.6 Å². The van der Waals surface area contributed by atoms with Crippen molar-refractivity contribution in [3.05, 3.63) is 147 Å². The number of carbonyl (C=O) groups excluding carboxylic acids is 1. The minimum Gasteiger partial charge on any atom is -0.489 e. The predicted molar refractivity (Wildman–Crippen MR) is 188 cm³/mol. The van der Waals surface area contributed by atoms with Gasteiger partial charge in [-0.15, -0.1) is 0 Å². The third kappa shape index (κ3) is 6.46. The Balaban J connectivity index is 1.34. The number of aromatic nitrogens is 2. The summed E-state index contributed by atoms with van der Waals surface area (Å²) in [6.07, 6.45) is 1.91. The number of ether oxygens (including phenoxy) is 2. The molecule has 0 saturated heterocycles. The molecule has 0 aliphatic carbocycles. The fourth-order valence-corrected chi connectivity index (χ4v) is 7.17. The van der Waals surface area contributed by atoms with Crippen molar-refractivity contribution in [3.8, 4) is 11.4 Å². The number of aryl methyl sites for hydroxylation is 2. The highest BCUT2D eigenvalue weighted by Gasteiger charge is 2.33. The van der Waals surface area contributed by atoms with E-state index in [-0.39, 0.29) is 12.2 Å². The summed E-state index contributed by atoms with van der Waals surface area (Å²) in [5, 5.41) is 1.00. The van der Waals surface area contributed by atoms with E-state index in [1.807, 2.05) is 81.4 Å². The molecule has 0 amide bonds. The Morgan fingerprint density at radius 3 is 2.36 bits per heavy atom. The van der Waals surface area contributed by atoms with E-state index in [1.54, 1.807) is 30.5 Å². The van der Waals surface area contributed by atoms with Crippen LogP contribution in [0.2, 0.25) is 10.0 Å². The molecule has 3 heterocycles. The monoisotopic (exact) mass is 685 g/mol. The van der Waals surface area contributed by atoms with Gasteiger partial charge in [-0.3, -0.25) is 9.36 Å². The molecule has 0 bridgehead atoms. The van der Waals surface area contributed by atoms with Gasteiger partial charge in [0.25, 0.3) is 5.56 Å². The molecule has 1 atom stereocenters. The van der Waals surface area contributed by atoms with Crippen LogP contribution in [-0.4, -0.2) is 21.7 Å². The number of allylic oxidation sites excluding steroid dienone is 1. The lowest BCUT2D eigenvalue weighted by Gasteiger charge is -2.24. The molecule has 10 heteroatoms. The van der Waals surface area contributed by atoms with Gasteiger partial charge in [0.15, 0.2) is 4.80 Å². The largest absolute Gasteiger partial charge is 0.489 e. The highest BCUT2D eigenvalue weighted by molar-refractivity contribution is 7.07. The zero-order valence-corrected chi connectivity index (χ0v) is 29.0. The summed E-state index contributed by atoms with van der Waals surface area (Å²) in [5.74, 6) is 0.257. The highest BCUT2D eigenvalue weighted by Crippen LogP contribution is 2.31. The summed E-state index contributed by atoms with van der Waals surface area (Å²) < 4.78 is 15.7. The number of esters is 1. The molecule has 3 aromatic carbocycles. The van der Waals surface area contributed by atoms with Gasteiger partial charge in [0.1, 0.15) is 12.4 Å². The molecule has 5 aromatic rings. The zero-order valence-electron chi connectivity index (χ0n) is 26.6. The van der Waals surface area contributed by atoms with Crippen LogP contribution in [0.25, 0.3) is 11.8 Å². The minimum atomic E-state index is -0.641. The maximum Gasteiger partial charge on any atom is 0.338 e. The van der Waals surface area contributed by atoms with E-state index < -0.39 is 12.0 Å². The van der Waals surface area contributed by atoms with Crippen molar-refractivity contribution in [2.45, 2.75) is 47.3 Å². The molecular weight excluding hydrogens is 653 g/mol. The van der Waals surface area contributed by atoms with Crippen LogP contribution in [0.1, 0.15) is 53.5 Å². The van der Waals surface area contributed by atoms with Crippen molar-refractivity contribution in [2.24, 2.45) is 4.99 Å². The van der Waals surface area contributed by atoms with E-state index in [9.17, 15) is 9.59 Å². The minimum absolute atomic E-state index is 0.207. The van der Waals surface area contributed by atoms with E-state index >= 15 is 0 Å². The highest BCUT2D eigenvalue weighted by atomic mass is 35.5. The average Bonchev–Trinajstić information content (AvgIpc) is 3.50. The van der Waals surface area contributed by atoms with Gasteiger partial charge in [0.2, 0.25) is 0 Å². The smallest absolute Gasteiger partial charge is 0.338 e. The first-order valence-corrected chi connectivity index (χ1v) is 16.7. The van der Waals surface area contributed by atoms with E-state index in [1.165, 1.54) is 11.3 Å². The number of fused-ring (bicyclic) bond motifs is 1. The van der Waals surface area contributed by atoms with Crippen molar-refractivity contribution in [1.29, 1.82) is 0 Å². The number of thiazole rings is 1. The van der Waals surface area contributed by atoms with Gasteiger partial charge in [-0.2, -0.15) is 0 Å². The number of nitrogens with zero attached hydrogens (tertiary/aromatic N) is 3. The molecule has 1 aliphatic rings. The third-order valence-electron chi connectivity index (χ3n) is 8.15. The Hall–Kier alpha value is -4.37. The molecule has 7 nitrogen and oxygen atoms in total. The van der Waals surface area contributed by atoms with Gasteiger partial charge in [0, 0.05) is 17.1 Å².